The van der Waals surface area contributed by atoms with Gasteiger partial charge in [0.15, 0.2) is 5.78 Å². The highest BCUT2D eigenvalue weighted by Crippen LogP contribution is 2.43. The van der Waals surface area contributed by atoms with E-state index in [-0.39, 0.29) is 17.9 Å². The third kappa shape index (κ3) is 5.24. The molecule has 9 heteroatoms. The monoisotopic (exact) mass is 336 g/mol. The number of thioether (sulfide) groups is 1. The first kappa shape index (κ1) is 17.2. The van der Waals surface area contributed by atoms with Gasteiger partial charge in [-0.15, -0.1) is 11.6 Å². The van der Waals surface area contributed by atoms with Gasteiger partial charge in [0, 0.05) is 11.3 Å². The van der Waals surface area contributed by atoms with E-state index in [0.717, 1.165) is 6.07 Å². The van der Waals surface area contributed by atoms with Crippen LogP contribution in [0.15, 0.2) is 23.1 Å². The molecule has 0 radical (unpaired) electrons. The number of hydrogen-bond acceptors (Lipinski definition) is 2. The van der Waals surface area contributed by atoms with Crippen molar-refractivity contribution in [2.75, 3.05) is 5.88 Å². The van der Waals surface area contributed by atoms with Crippen LogP contribution in [0.25, 0.3) is 0 Å². The van der Waals surface area contributed by atoms with Crippen molar-refractivity contribution in [1.82, 2.24) is 0 Å². The van der Waals surface area contributed by atoms with E-state index in [0.29, 0.717) is 12.1 Å². The van der Waals surface area contributed by atoms with Crippen LogP contribution in [0.2, 0.25) is 0 Å². The number of benzene rings is 1. The quantitative estimate of drug-likeness (QED) is 0.451. The molecule has 0 aromatic heterocycles. The number of carbonyl (C=O) groups excluding carboxylic acids is 1. The number of hydrogen-bond donors (Lipinski definition) is 0. The summed E-state index contributed by atoms with van der Waals surface area (Å²) in [5.41, 5.74) is -6.28. The van der Waals surface area contributed by atoms with Crippen LogP contribution in [0.5, 0.6) is 0 Å². The minimum absolute atomic E-state index is 0.0329. The van der Waals surface area contributed by atoms with Gasteiger partial charge in [-0.2, -0.15) is 26.3 Å². The molecule has 0 spiro atoms. The minimum Gasteiger partial charge on any atom is -0.298 e. The molecule has 20 heavy (non-hydrogen) atoms. The molecular formula is C11H7ClF6OS. The summed E-state index contributed by atoms with van der Waals surface area (Å²) in [5.74, 6) is -0.892. The number of ketones is 1. The summed E-state index contributed by atoms with van der Waals surface area (Å²) in [6.45, 7) is 0. The van der Waals surface area contributed by atoms with Crippen LogP contribution < -0.4 is 0 Å². The summed E-state index contributed by atoms with van der Waals surface area (Å²) in [6.07, 6.45) is -5.29. The zero-order chi connectivity index (χ0) is 15.6. The first-order valence-electron chi connectivity index (χ1n) is 5.06. The Balaban J connectivity index is 3.17. The average molecular weight is 337 g/mol. The first-order valence-corrected chi connectivity index (χ1v) is 6.41. The predicted octanol–water partition coefficient (Wildman–Crippen LogP) is 4.67. The van der Waals surface area contributed by atoms with Gasteiger partial charge >= 0.3 is 11.7 Å². The van der Waals surface area contributed by atoms with E-state index in [2.05, 4.69) is 0 Å². The molecule has 0 amide bonds. The molecule has 0 unspecified atom stereocenters. The van der Waals surface area contributed by atoms with E-state index in [1.165, 1.54) is 0 Å². The van der Waals surface area contributed by atoms with Crippen molar-refractivity contribution in [1.29, 1.82) is 0 Å². The second-order valence-corrected chi connectivity index (χ2v) is 5.10. The Bertz CT molecular complexity index is 497. The maximum Gasteiger partial charge on any atom is 0.446 e. The highest BCUT2D eigenvalue weighted by molar-refractivity contribution is 8.00. The van der Waals surface area contributed by atoms with Crippen molar-refractivity contribution in [2.24, 2.45) is 0 Å². The molecule has 1 nitrogen and oxygen atoms in total. The predicted molar refractivity (Wildman–Crippen MR) is 62.8 cm³/mol. The third-order valence-corrected chi connectivity index (χ3v) is 3.23. The van der Waals surface area contributed by atoms with E-state index in [1.54, 1.807) is 0 Å². The second-order valence-electron chi connectivity index (χ2n) is 3.73. The van der Waals surface area contributed by atoms with Crippen molar-refractivity contribution in [3.63, 3.8) is 0 Å². The van der Waals surface area contributed by atoms with Gasteiger partial charge in [-0.3, -0.25) is 4.79 Å². The van der Waals surface area contributed by atoms with E-state index in [4.69, 9.17) is 11.6 Å². The molecule has 0 saturated heterocycles. The topological polar surface area (TPSA) is 17.1 Å². The number of alkyl halides is 7. The summed E-state index contributed by atoms with van der Waals surface area (Å²) < 4.78 is 74.8. The molecule has 112 valence electrons. The molecule has 1 rings (SSSR count). The van der Waals surface area contributed by atoms with E-state index in [9.17, 15) is 31.1 Å². The highest BCUT2D eigenvalue weighted by Gasteiger charge is 2.38. The van der Waals surface area contributed by atoms with Gasteiger partial charge in [0.1, 0.15) is 0 Å². The molecule has 0 fully saturated rings. The van der Waals surface area contributed by atoms with Crippen LogP contribution >= 0.6 is 23.4 Å². The van der Waals surface area contributed by atoms with Crippen molar-refractivity contribution in [3.8, 4) is 0 Å². The average Bonchev–Trinajstić information content (AvgIpc) is 2.27. The fraction of sp³-hybridized carbons (Fsp3) is 0.364. The molecule has 0 saturated carbocycles. The molecule has 1 aromatic rings. The van der Waals surface area contributed by atoms with Crippen molar-refractivity contribution >= 4 is 29.1 Å². The largest absolute Gasteiger partial charge is 0.446 e. The molecule has 0 heterocycles. The lowest BCUT2D eigenvalue weighted by Gasteiger charge is -2.15. The van der Waals surface area contributed by atoms with Gasteiger partial charge in [0.25, 0.3) is 0 Å². The zero-order valence-corrected chi connectivity index (χ0v) is 11.2. The fourth-order valence-corrected chi connectivity index (χ4v) is 2.16. The standard InChI is InChI=1S/C11H7ClF6OS/c12-5-7(19)3-6-1-2-9(20-11(16,17)18)8(4-6)10(13,14)15/h1-2,4H,3,5H2. The molecule has 1 aromatic carbocycles. The maximum absolute atomic E-state index is 12.7. The van der Waals surface area contributed by atoms with Crippen LogP contribution in [0.4, 0.5) is 26.3 Å². The van der Waals surface area contributed by atoms with E-state index < -0.39 is 39.7 Å². The van der Waals surface area contributed by atoms with Crippen molar-refractivity contribution in [3.05, 3.63) is 29.3 Å². The van der Waals surface area contributed by atoms with Crippen LogP contribution in [0.1, 0.15) is 11.1 Å². The van der Waals surface area contributed by atoms with Crippen LogP contribution in [-0.2, 0) is 17.4 Å². The summed E-state index contributed by atoms with van der Waals surface area (Å²) in [7, 11) is 0. The summed E-state index contributed by atoms with van der Waals surface area (Å²) in [6, 6.07) is 2.30. The molecule has 0 atom stereocenters. The second kappa shape index (κ2) is 6.26. The Morgan fingerprint density at radius 3 is 2.20 bits per heavy atom. The minimum atomic E-state index is -4.94. The number of Topliss-reactive ketones (excluding diaryl/α,β-unsaturated/α-hetero) is 1. The van der Waals surface area contributed by atoms with Crippen LogP contribution in [0.3, 0.4) is 0 Å². The summed E-state index contributed by atoms with van der Waals surface area (Å²) in [5, 5.41) is 0. The Kier molecular flexibility index (Phi) is 5.37. The smallest absolute Gasteiger partial charge is 0.298 e. The van der Waals surface area contributed by atoms with Gasteiger partial charge in [0.2, 0.25) is 0 Å². The molecule has 0 aliphatic rings. The van der Waals surface area contributed by atoms with Crippen LogP contribution in [0, 0.1) is 0 Å². The summed E-state index contributed by atoms with van der Waals surface area (Å²) in [4.78, 5) is 10.1. The lowest BCUT2D eigenvalue weighted by atomic mass is 10.1. The molecule has 0 bridgehead atoms. The lowest BCUT2D eigenvalue weighted by Crippen LogP contribution is -2.11. The van der Waals surface area contributed by atoms with Crippen molar-refractivity contribution in [2.45, 2.75) is 23.0 Å². The summed E-state index contributed by atoms with van der Waals surface area (Å²) >= 11 is 4.38. The Morgan fingerprint density at radius 1 is 1.15 bits per heavy atom. The van der Waals surface area contributed by atoms with Crippen LogP contribution in [-0.4, -0.2) is 17.2 Å². The Hall–Kier alpha value is -0.890. The van der Waals surface area contributed by atoms with Gasteiger partial charge in [-0.05, 0) is 29.5 Å². The Labute approximate surface area is 119 Å². The number of halogens is 7. The van der Waals surface area contributed by atoms with Gasteiger partial charge in [-0.25, -0.2) is 0 Å². The zero-order valence-electron chi connectivity index (χ0n) is 9.61. The molecule has 0 N–H and O–H groups in total. The molecular weight excluding hydrogens is 330 g/mol. The van der Waals surface area contributed by atoms with Crippen molar-refractivity contribution < 1.29 is 31.1 Å². The van der Waals surface area contributed by atoms with Gasteiger partial charge in [0.05, 0.1) is 11.4 Å². The first-order chi connectivity index (χ1) is 9.03. The molecule has 0 aliphatic heterocycles. The van der Waals surface area contributed by atoms with Gasteiger partial charge in [-0.1, -0.05) is 6.07 Å². The number of rotatable bonds is 4. The molecule has 0 aliphatic carbocycles. The normalized spacial score (nSPS) is 12.6. The number of carbonyl (C=O) groups is 1. The third-order valence-electron chi connectivity index (χ3n) is 2.13. The SMILES string of the molecule is O=C(CCl)Cc1ccc(SC(F)(F)F)c(C(F)(F)F)c1. The van der Waals surface area contributed by atoms with Gasteiger partial charge < -0.3 is 0 Å². The lowest BCUT2D eigenvalue weighted by molar-refractivity contribution is -0.140. The Morgan fingerprint density at radius 2 is 1.75 bits per heavy atom. The van der Waals surface area contributed by atoms with E-state index in [1.807, 2.05) is 0 Å². The maximum atomic E-state index is 12.7. The fourth-order valence-electron chi connectivity index (χ4n) is 1.40. The highest BCUT2D eigenvalue weighted by atomic mass is 35.5. The van der Waals surface area contributed by atoms with E-state index >= 15 is 0 Å².